The zero-order valence-electron chi connectivity index (χ0n) is 11.7. The first-order valence-electron chi connectivity index (χ1n) is 6.50. The van der Waals surface area contributed by atoms with Gasteiger partial charge in [0.2, 0.25) is 0 Å². The third-order valence-corrected chi connectivity index (χ3v) is 3.18. The molecule has 0 aliphatic carbocycles. The van der Waals surface area contributed by atoms with E-state index < -0.39 is 5.97 Å². The number of hydrogen-bond donors (Lipinski definition) is 1. The third-order valence-electron chi connectivity index (χ3n) is 3.18. The quantitative estimate of drug-likeness (QED) is 0.634. The van der Waals surface area contributed by atoms with Crippen LogP contribution in [0.2, 0.25) is 0 Å². The molecule has 7 heteroatoms. The summed E-state index contributed by atoms with van der Waals surface area (Å²) < 4.78 is 8.53. The van der Waals surface area contributed by atoms with Crippen LogP contribution in [0.3, 0.4) is 0 Å². The molecule has 0 amide bonds. The Labute approximate surface area is 117 Å². The minimum atomic E-state index is -0.497. The van der Waals surface area contributed by atoms with Crippen LogP contribution < -0.4 is 5.73 Å². The number of methoxy groups -OCH3 is 1. The maximum absolute atomic E-state index is 11.5. The Morgan fingerprint density at radius 3 is 2.80 bits per heavy atom. The average molecular weight is 277 g/mol. The fraction of sp³-hybridized carbons (Fsp3) is 0.462. The molecule has 0 bridgehead atoms. The number of aromatic nitrogens is 4. The van der Waals surface area contributed by atoms with Gasteiger partial charge in [-0.1, -0.05) is 0 Å². The number of anilines is 1. The highest BCUT2D eigenvalue weighted by Gasteiger charge is 2.18. The number of aryl methyl sites for hydroxylation is 2. The van der Waals surface area contributed by atoms with Gasteiger partial charge < -0.3 is 19.6 Å². The van der Waals surface area contributed by atoms with Crippen molar-refractivity contribution in [3.63, 3.8) is 0 Å². The van der Waals surface area contributed by atoms with E-state index in [0.717, 1.165) is 31.8 Å². The van der Waals surface area contributed by atoms with Gasteiger partial charge in [-0.2, -0.15) is 0 Å². The molecule has 0 aliphatic rings. The fourth-order valence-corrected chi connectivity index (χ4v) is 2.09. The Hall–Kier alpha value is -2.31. The molecule has 0 saturated carbocycles. The van der Waals surface area contributed by atoms with E-state index >= 15 is 0 Å². The summed E-state index contributed by atoms with van der Waals surface area (Å²) in [6, 6.07) is 0. The lowest BCUT2D eigenvalue weighted by molar-refractivity contribution is 0.0595. The zero-order valence-corrected chi connectivity index (χ0v) is 11.7. The van der Waals surface area contributed by atoms with Gasteiger partial charge in [-0.3, -0.25) is 0 Å². The molecule has 0 unspecified atom stereocenters. The molecule has 0 fully saturated rings. The van der Waals surface area contributed by atoms with Gasteiger partial charge in [-0.25, -0.2) is 14.8 Å². The molecule has 0 spiro atoms. The first-order valence-corrected chi connectivity index (χ1v) is 6.50. The van der Waals surface area contributed by atoms with Crippen molar-refractivity contribution in [1.29, 1.82) is 0 Å². The molecule has 0 aliphatic heterocycles. The van der Waals surface area contributed by atoms with Crippen LogP contribution in [0.5, 0.6) is 0 Å². The lowest BCUT2D eigenvalue weighted by Crippen LogP contribution is -2.09. The van der Waals surface area contributed by atoms with Crippen molar-refractivity contribution in [2.24, 2.45) is 0 Å². The first kappa shape index (κ1) is 14.1. The summed E-state index contributed by atoms with van der Waals surface area (Å²) in [6.45, 7) is 3.48. The van der Waals surface area contributed by atoms with E-state index in [0.29, 0.717) is 5.82 Å². The topological polar surface area (TPSA) is 88.0 Å². The van der Waals surface area contributed by atoms with E-state index in [1.54, 1.807) is 12.5 Å². The van der Waals surface area contributed by atoms with Crippen LogP contribution in [0.25, 0.3) is 0 Å². The SMILES string of the molecule is COC(=O)c1nc(C)n(CCCCn2ccnc2)c1N. The fourth-order valence-electron chi connectivity index (χ4n) is 2.09. The summed E-state index contributed by atoms with van der Waals surface area (Å²) in [4.78, 5) is 19.7. The Balaban J connectivity index is 1.92. The van der Waals surface area contributed by atoms with Crippen molar-refractivity contribution >= 4 is 11.8 Å². The number of carbonyl (C=O) groups excluding carboxylic acids is 1. The second-order valence-electron chi connectivity index (χ2n) is 4.54. The van der Waals surface area contributed by atoms with Crippen LogP contribution in [-0.4, -0.2) is 32.2 Å². The molecule has 2 aromatic heterocycles. The molecule has 20 heavy (non-hydrogen) atoms. The number of ether oxygens (including phenoxy) is 1. The molecule has 0 saturated heterocycles. The molecular weight excluding hydrogens is 258 g/mol. The van der Waals surface area contributed by atoms with Crippen LogP contribution in [0.4, 0.5) is 5.82 Å². The summed E-state index contributed by atoms with van der Waals surface area (Å²) in [7, 11) is 1.32. The minimum absolute atomic E-state index is 0.194. The van der Waals surface area contributed by atoms with E-state index in [2.05, 4.69) is 14.7 Å². The first-order chi connectivity index (χ1) is 9.63. The highest BCUT2D eigenvalue weighted by molar-refractivity contribution is 5.92. The van der Waals surface area contributed by atoms with Gasteiger partial charge in [0.1, 0.15) is 11.6 Å². The molecule has 0 radical (unpaired) electrons. The highest BCUT2D eigenvalue weighted by Crippen LogP contribution is 2.16. The lowest BCUT2D eigenvalue weighted by atomic mass is 10.3. The number of nitrogens with zero attached hydrogens (tertiary/aromatic N) is 4. The molecule has 2 aromatic rings. The van der Waals surface area contributed by atoms with Crippen LogP contribution >= 0.6 is 0 Å². The molecule has 2 rings (SSSR count). The third kappa shape index (κ3) is 2.98. The molecule has 7 nitrogen and oxygen atoms in total. The zero-order chi connectivity index (χ0) is 14.5. The Morgan fingerprint density at radius 2 is 2.15 bits per heavy atom. The van der Waals surface area contributed by atoms with Gasteiger partial charge in [-0.05, 0) is 19.8 Å². The Bertz CT molecular complexity index is 574. The molecular formula is C13H19N5O2. The van der Waals surface area contributed by atoms with Gasteiger partial charge in [0.15, 0.2) is 5.69 Å². The molecule has 108 valence electrons. The summed E-state index contributed by atoms with van der Waals surface area (Å²) in [5.74, 6) is 0.602. The maximum atomic E-state index is 11.5. The Kier molecular flexibility index (Phi) is 4.39. The van der Waals surface area contributed by atoms with Crippen molar-refractivity contribution in [1.82, 2.24) is 19.1 Å². The second-order valence-corrected chi connectivity index (χ2v) is 4.54. The number of rotatable bonds is 6. The molecule has 2 N–H and O–H groups in total. The summed E-state index contributed by atoms with van der Waals surface area (Å²) >= 11 is 0. The van der Waals surface area contributed by atoms with E-state index in [1.165, 1.54) is 7.11 Å². The number of unbranched alkanes of at least 4 members (excludes halogenated alkanes) is 1. The predicted molar refractivity (Wildman–Crippen MR) is 74.2 cm³/mol. The van der Waals surface area contributed by atoms with Gasteiger partial charge in [-0.15, -0.1) is 0 Å². The largest absolute Gasteiger partial charge is 0.464 e. The number of esters is 1. The average Bonchev–Trinajstić information content (AvgIpc) is 3.04. The van der Waals surface area contributed by atoms with Crippen molar-refractivity contribution in [2.45, 2.75) is 32.9 Å². The molecule has 0 aromatic carbocycles. The number of imidazole rings is 2. The van der Waals surface area contributed by atoms with E-state index in [4.69, 9.17) is 5.73 Å². The normalized spacial score (nSPS) is 10.7. The van der Waals surface area contributed by atoms with Crippen LogP contribution in [0.15, 0.2) is 18.7 Å². The van der Waals surface area contributed by atoms with Gasteiger partial charge in [0.05, 0.1) is 13.4 Å². The number of nitrogens with two attached hydrogens (primary N) is 1. The standard InChI is InChI=1S/C13H19N5O2/c1-10-16-11(13(19)20-2)12(14)18(10)7-4-3-6-17-8-5-15-9-17/h5,8-9H,3-4,6-7,14H2,1-2H3. The summed E-state index contributed by atoms with van der Waals surface area (Å²) in [5.41, 5.74) is 6.14. The van der Waals surface area contributed by atoms with Crippen LogP contribution in [0.1, 0.15) is 29.2 Å². The summed E-state index contributed by atoms with van der Waals surface area (Å²) in [6.07, 6.45) is 7.44. The van der Waals surface area contributed by atoms with Crippen molar-refractivity contribution in [3.05, 3.63) is 30.2 Å². The maximum Gasteiger partial charge on any atom is 0.360 e. The van der Waals surface area contributed by atoms with Gasteiger partial charge in [0.25, 0.3) is 0 Å². The number of hydrogen-bond acceptors (Lipinski definition) is 5. The summed E-state index contributed by atoms with van der Waals surface area (Å²) in [5, 5.41) is 0. The van der Waals surface area contributed by atoms with Crippen molar-refractivity contribution < 1.29 is 9.53 Å². The molecule has 0 atom stereocenters. The van der Waals surface area contributed by atoms with E-state index in [9.17, 15) is 4.79 Å². The highest BCUT2D eigenvalue weighted by atomic mass is 16.5. The van der Waals surface area contributed by atoms with Crippen LogP contribution in [-0.2, 0) is 17.8 Å². The smallest absolute Gasteiger partial charge is 0.360 e. The van der Waals surface area contributed by atoms with Gasteiger partial charge >= 0.3 is 5.97 Å². The van der Waals surface area contributed by atoms with E-state index in [1.807, 2.05) is 22.3 Å². The minimum Gasteiger partial charge on any atom is -0.464 e. The number of nitrogen functional groups attached to an aromatic ring is 1. The van der Waals surface area contributed by atoms with Crippen LogP contribution in [0, 0.1) is 6.92 Å². The monoisotopic (exact) mass is 277 g/mol. The van der Waals surface area contributed by atoms with E-state index in [-0.39, 0.29) is 5.69 Å². The second kappa shape index (κ2) is 6.23. The molecule has 2 heterocycles. The van der Waals surface area contributed by atoms with Crippen molar-refractivity contribution in [2.75, 3.05) is 12.8 Å². The Morgan fingerprint density at radius 1 is 1.40 bits per heavy atom. The number of carbonyl (C=O) groups is 1. The predicted octanol–water partition coefficient (Wildman–Crippen LogP) is 1.24. The lowest BCUT2D eigenvalue weighted by Gasteiger charge is -2.08. The van der Waals surface area contributed by atoms with Gasteiger partial charge in [0, 0.05) is 25.5 Å². The van der Waals surface area contributed by atoms with Crippen molar-refractivity contribution in [3.8, 4) is 0 Å².